The van der Waals surface area contributed by atoms with Gasteiger partial charge in [0.2, 0.25) is 0 Å². The molecule has 5 nitrogen and oxygen atoms in total. The van der Waals surface area contributed by atoms with E-state index in [0.29, 0.717) is 5.56 Å². The topological polar surface area (TPSA) is 61.6 Å². The molecule has 0 radical (unpaired) electrons. The highest BCUT2D eigenvalue weighted by atomic mass is 16.7. The quantitative estimate of drug-likeness (QED) is 0.586. The van der Waals surface area contributed by atoms with Crippen LogP contribution in [0.2, 0.25) is 0 Å². The molecule has 0 N–H and O–H groups in total. The molecular weight excluding hydrogens is 222 g/mol. The first-order valence-corrected chi connectivity index (χ1v) is 5.50. The van der Waals surface area contributed by atoms with Gasteiger partial charge in [0.25, 0.3) is 5.69 Å². The normalized spacial score (nSPS) is 27.0. The zero-order valence-electron chi connectivity index (χ0n) is 10.0. The first-order valence-electron chi connectivity index (χ1n) is 5.50. The maximum atomic E-state index is 11.0. The fourth-order valence-corrected chi connectivity index (χ4v) is 2.15. The Morgan fingerprint density at radius 3 is 2.47 bits per heavy atom. The summed E-state index contributed by atoms with van der Waals surface area (Å²) in [6.45, 7) is 5.46. The second kappa shape index (κ2) is 4.09. The summed E-state index contributed by atoms with van der Waals surface area (Å²) in [5.41, 5.74) is 0.640. The lowest BCUT2D eigenvalue weighted by Gasteiger charge is -2.16. The van der Waals surface area contributed by atoms with E-state index in [1.807, 2.05) is 6.92 Å². The van der Waals surface area contributed by atoms with Gasteiger partial charge < -0.3 is 9.47 Å². The van der Waals surface area contributed by atoms with Crippen LogP contribution in [-0.4, -0.2) is 16.8 Å². The molecule has 5 heteroatoms. The Balaban J connectivity index is 2.38. The molecule has 0 unspecified atom stereocenters. The van der Waals surface area contributed by atoms with E-state index in [9.17, 15) is 10.1 Å². The highest BCUT2D eigenvalue weighted by molar-refractivity contribution is 5.42. The zero-order chi connectivity index (χ0) is 12.6. The molecule has 1 saturated heterocycles. The van der Waals surface area contributed by atoms with Crippen LogP contribution in [0.1, 0.15) is 32.4 Å². The van der Waals surface area contributed by atoms with Crippen molar-refractivity contribution in [3.05, 3.63) is 39.9 Å². The van der Waals surface area contributed by atoms with Crippen LogP contribution in [0.3, 0.4) is 0 Å². The molecule has 0 aliphatic carbocycles. The lowest BCUT2D eigenvalue weighted by atomic mass is 10.0. The van der Waals surface area contributed by atoms with Gasteiger partial charge in [0.15, 0.2) is 5.79 Å². The maximum absolute atomic E-state index is 11.0. The summed E-state index contributed by atoms with van der Waals surface area (Å²) in [5.74, 6) is -0.701. The van der Waals surface area contributed by atoms with E-state index in [1.165, 1.54) is 6.07 Å². The molecule has 92 valence electrons. The van der Waals surface area contributed by atoms with Gasteiger partial charge in [-0.1, -0.05) is 12.1 Å². The summed E-state index contributed by atoms with van der Waals surface area (Å²) >= 11 is 0. The SMILES string of the molecule is C[C@@H]1OC(C)(C)O[C@@H]1c1ccccc1[N+](=O)[O-]. The van der Waals surface area contributed by atoms with Gasteiger partial charge in [-0.05, 0) is 26.8 Å². The average molecular weight is 237 g/mol. The molecule has 0 bridgehead atoms. The van der Waals surface area contributed by atoms with E-state index >= 15 is 0 Å². The summed E-state index contributed by atoms with van der Waals surface area (Å²) in [5, 5.41) is 11.0. The number of ether oxygens (including phenoxy) is 2. The van der Waals surface area contributed by atoms with Crippen molar-refractivity contribution in [1.82, 2.24) is 0 Å². The van der Waals surface area contributed by atoms with Crippen LogP contribution in [0, 0.1) is 10.1 Å². The van der Waals surface area contributed by atoms with E-state index in [4.69, 9.17) is 9.47 Å². The predicted octanol–water partition coefficient (Wildman–Crippen LogP) is 2.81. The van der Waals surface area contributed by atoms with E-state index in [0.717, 1.165) is 0 Å². The van der Waals surface area contributed by atoms with E-state index < -0.39 is 16.8 Å². The standard InChI is InChI=1S/C12H15NO4/c1-8-11(17-12(2,3)16-8)9-6-4-5-7-10(9)13(14)15/h4-8,11H,1-3H3/t8-,11-/m0/s1. The Morgan fingerprint density at radius 1 is 1.29 bits per heavy atom. The van der Waals surface area contributed by atoms with Gasteiger partial charge in [-0.25, -0.2) is 0 Å². The highest BCUT2D eigenvalue weighted by Gasteiger charge is 2.41. The van der Waals surface area contributed by atoms with Crippen LogP contribution in [0.15, 0.2) is 24.3 Å². The van der Waals surface area contributed by atoms with Gasteiger partial charge >= 0.3 is 0 Å². The molecule has 1 heterocycles. The van der Waals surface area contributed by atoms with Crippen molar-refractivity contribution in [2.45, 2.75) is 38.8 Å². The molecule has 0 aromatic heterocycles. The van der Waals surface area contributed by atoms with Crippen molar-refractivity contribution in [2.24, 2.45) is 0 Å². The van der Waals surface area contributed by atoms with Crippen LogP contribution in [-0.2, 0) is 9.47 Å². The van der Waals surface area contributed by atoms with E-state index in [2.05, 4.69) is 0 Å². The van der Waals surface area contributed by atoms with Crippen molar-refractivity contribution >= 4 is 5.69 Å². The van der Waals surface area contributed by atoms with Crippen molar-refractivity contribution < 1.29 is 14.4 Å². The minimum Gasteiger partial charge on any atom is -0.344 e. The molecule has 0 amide bonds. The summed E-state index contributed by atoms with van der Waals surface area (Å²) in [4.78, 5) is 10.6. The average Bonchev–Trinajstić information content (AvgIpc) is 2.52. The minimum absolute atomic E-state index is 0.0747. The number of benzene rings is 1. The largest absolute Gasteiger partial charge is 0.344 e. The maximum Gasteiger partial charge on any atom is 0.275 e. The van der Waals surface area contributed by atoms with Crippen LogP contribution in [0.5, 0.6) is 0 Å². The molecule has 1 aliphatic heterocycles. The predicted molar refractivity (Wildman–Crippen MR) is 61.5 cm³/mol. The lowest BCUT2D eigenvalue weighted by molar-refractivity contribution is -0.386. The Morgan fingerprint density at radius 2 is 1.94 bits per heavy atom. The Bertz CT molecular complexity index is 444. The van der Waals surface area contributed by atoms with E-state index in [1.54, 1.807) is 32.0 Å². The number of hydrogen-bond donors (Lipinski definition) is 0. The van der Waals surface area contributed by atoms with Crippen LogP contribution in [0.25, 0.3) is 0 Å². The van der Waals surface area contributed by atoms with Gasteiger partial charge in [0.05, 0.1) is 16.6 Å². The molecule has 1 fully saturated rings. The molecule has 17 heavy (non-hydrogen) atoms. The molecule has 0 spiro atoms. The number of rotatable bonds is 2. The smallest absolute Gasteiger partial charge is 0.275 e. The third-order valence-corrected chi connectivity index (χ3v) is 2.75. The number of nitro groups is 1. The summed E-state index contributed by atoms with van der Waals surface area (Å²) in [6, 6.07) is 6.61. The van der Waals surface area contributed by atoms with Crippen LogP contribution < -0.4 is 0 Å². The highest BCUT2D eigenvalue weighted by Crippen LogP contribution is 2.40. The van der Waals surface area contributed by atoms with Gasteiger partial charge in [-0.2, -0.15) is 0 Å². The van der Waals surface area contributed by atoms with Crippen LogP contribution in [0.4, 0.5) is 5.69 Å². The van der Waals surface area contributed by atoms with Crippen molar-refractivity contribution in [2.75, 3.05) is 0 Å². The molecule has 0 saturated carbocycles. The Kier molecular flexibility index (Phi) is 2.89. The summed E-state index contributed by atoms with van der Waals surface area (Å²) < 4.78 is 11.3. The van der Waals surface area contributed by atoms with Crippen LogP contribution >= 0.6 is 0 Å². The lowest BCUT2D eigenvalue weighted by Crippen LogP contribution is -2.20. The molecular formula is C12H15NO4. The monoisotopic (exact) mass is 237 g/mol. The fraction of sp³-hybridized carbons (Fsp3) is 0.500. The summed E-state index contributed by atoms with van der Waals surface area (Å²) in [7, 11) is 0. The van der Waals surface area contributed by atoms with Gasteiger partial charge in [0, 0.05) is 6.07 Å². The first-order chi connectivity index (χ1) is 7.91. The Labute approximate surface area is 99.5 Å². The van der Waals surface area contributed by atoms with E-state index in [-0.39, 0.29) is 11.8 Å². The Hall–Kier alpha value is -1.46. The second-order valence-electron chi connectivity index (χ2n) is 4.58. The third kappa shape index (κ3) is 2.30. The van der Waals surface area contributed by atoms with Crippen molar-refractivity contribution in [3.8, 4) is 0 Å². The zero-order valence-corrected chi connectivity index (χ0v) is 10.0. The molecule has 1 aromatic carbocycles. The number of nitro benzene ring substituents is 1. The number of para-hydroxylation sites is 1. The van der Waals surface area contributed by atoms with Crippen molar-refractivity contribution in [1.29, 1.82) is 0 Å². The second-order valence-corrected chi connectivity index (χ2v) is 4.58. The molecule has 2 atom stereocenters. The minimum atomic E-state index is -0.701. The fourth-order valence-electron chi connectivity index (χ4n) is 2.15. The van der Waals surface area contributed by atoms with Crippen molar-refractivity contribution in [3.63, 3.8) is 0 Å². The van der Waals surface area contributed by atoms with Gasteiger partial charge in [0.1, 0.15) is 6.10 Å². The number of nitrogens with zero attached hydrogens (tertiary/aromatic N) is 1. The van der Waals surface area contributed by atoms with Gasteiger partial charge in [-0.15, -0.1) is 0 Å². The molecule has 1 aliphatic rings. The number of hydrogen-bond acceptors (Lipinski definition) is 4. The third-order valence-electron chi connectivity index (χ3n) is 2.75. The van der Waals surface area contributed by atoms with Gasteiger partial charge in [-0.3, -0.25) is 10.1 Å². The molecule has 1 aromatic rings. The first kappa shape index (κ1) is 12.0. The summed E-state index contributed by atoms with van der Waals surface area (Å²) in [6.07, 6.45) is -0.599. The molecule has 2 rings (SSSR count).